The molecule has 0 bridgehead atoms. The van der Waals surface area contributed by atoms with Crippen molar-refractivity contribution in [2.75, 3.05) is 68.5 Å². The second-order valence-corrected chi connectivity index (χ2v) is 13.8. The van der Waals surface area contributed by atoms with Gasteiger partial charge in [-0.15, -0.1) is 0 Å². The third-order valence-electron chi connectivity index (χ3n) is 9.89. The number of hydrogen-bond acceptors (Lipinski definition) is 6. The van der Waals surface area contributed by atoms with Gasteiger partial charge in [0, 0.05) is 57.9 Å². The van der Waals surface area contributed by atoms with Gasteiger partial charge in [0.15, 0.2) is 0 Å². The fraction of sp³-hybridized carbons (Fsp3) is 0.568. The minimum absolute atomic E-state index is 0.0335. The molecule has 0 aromatic heterocycles. The van der Waals surface area contributed by atoms with Crippen LogP contribution in [0.25, 0.3) is 0 Å². The highest BCUT2D eigenvalue weighted by Gasteiger charge is 2.47. The quantitative estimate of drug-likeness (QED) is 0.339. The summed E-state index contributed by atoms with van der Waals surface area (Å²) < 4.78 is 0. The molecule has 1 saturated heterocycles. The van der Waals surface area contributed by atoms with Gasteiger partial charge in [0.1, 0.15) is 12.1 Å². The lowest BCUT2D eigenvalue weighted by atomic mass is 9.85. The van der Waals surface area contributed by atoms with Crippen LogP contribution < -0.4 is 5.32 Å². The highest BCUT2D eigenvalue weighted by Crippen LogP contribution is 2.34. The van der Waals surface area contributed by atoms with Crippen LogP contribution in [0.15, 0.2) is 42.5 Å². The van der Waals surface area contributed by atoms with Gasteiger partial charge in [-0.3, -0.25) is 19.2 Å². The van der Waals surface area contributed by atoms with Gasteiger partial charge < -0.3 is 29.8 Å². The standard InChI is InChI=1S/C37H54N6O4/c1-9-25(10-2)33-34(44)38-32(30-21-26-13-11-12-14-27(26)22-30)37(47)43(33)24-29-16-15-28(35(45)41(7)19-17-39(3)4)23-31(29)36(46)42(8)20-18-40(5)6/h11-16,23,25,30,32-33H,9-10,17-22,24H2,1-8H3,(H,38,44)/t32-,33-/m1/s1. The summed E-state index contributed by atoms with van der Waals surface area (Å²) in [5.41, 5.74) is 3.87. The number of amides is 4. The molecule has 0 spiro atoms. The molecule has 0 unspecified atom stereocenters. The SMILES string of the molecule is CCC(CC)[C@@H]1C(=O)N[C@H](C2Cc3ccccc3C2)C(=O)N1Cc1ccc(C(=O)N(C)CCN(C)C)cc1C(=O)N(C)CCN(C)C. The van der Waals surface area contributed by atoms with Crippen molar-refractivity contribution in [3.63, 3.8) is 0 Å². The zero-order chi connectivity index (χ0) is 34.4. The Morgan fingerprint density at radius 1 is 0.809 bits per heavy atom. The highest BCUT2D eigenvalue weighted by atomic mass is 16.2. The van der Waals surface area contributed by atoms with Gasteiger partial charge in [0.2, 0.25) is 11.8 Å². The molecule has 2 atom stereocenters. The monoisotopic (exact) mass is 646 g/mol. The van der Waals surface area contributed by atoms with Crippen LogP contribution >= 0.6 is 0 Å². The van der Waals surface area contributed by atoms with Gasteiger partial charge >= 0.3 is 0 Å². The molecular weight excluding hydrogens is 592 g/mol. The maximum Gasteiger partial charge on any atom is 0.254 e. The van der Waals surface area contributed by atoms with E-state index in [1.54, 1.807) is 47.0 Å². The third kappa shape index (κ3) is 8.40. The Kier molecular flexibility index (Phi) is 12.2. The second-order valence-electron chi connectivity index (χ2n) is 13.8. The molecule has 256 valence electrons. The molecule has 10 nitrogen and oxygen atoms in total. The minimum Gasteiger partial charge on any atom is -0.342 e. The van der Waals surface area contributed by atoms with Crippen molar-refractivity contribution in [1.29, 1.82) is 0 Å². The van der Waals surface area contributed by atoms with Gasteiger partial charge in [-0.25, -0.2) is 0 Å². The van der Waals surface area contributed by atoms with Gasteiger partial charge in [0.25, 0.3) is 11.8 Å². The van der Waals surface area contributed by atoms with E-state index in [9.17, 15) is 19.2 Å². The van der Waals surface area contributed by atoms with Crippen LogP contribution in [-0.2, 0) is 29.0 Å². The van der Waals surface area contributed by atoms with Crippen molar-refractivity contribution >= 4 is 23.6 Å². The first-order chi connectivity index (χ1) is 22.4. The zero-order valence-corrected chi connectivity index (χ0v) is 29.6. The first kappa shape index (κ1) is 36.1. The number of nitrogens with one attached hydrogen (secondary N) is 1. The average Bonchev–Trinajstić information content (AvgIpc) is 3.49. The number of benzene rings is 2. The molecule has 0 saturated carbocycles. The molecule has 1 aliphatic carbocycles. The molecule has 1 fully saturated rings. The van der Waals surface area contributed by atoms with Crippen LogP contribution in [0, 0.1) is 11.8 Å². The largest absolute Gasteiger partial charge is 0.342 e. The minimum atomic E-state index is -0.648. The van der Waals surface area contributed by atoms with Crippen LogP contribution in [0.4, 0.5) is 0 Å². The number of carbonyl (C=O) groups is 4. The molecule has 2 aromatic carbocycles. The lowest BCUT2D eigenvalue weighted by molar-refractivity contribution is -0.154. The fourth-order valence-electron chi connectivity index (χ4n) is 6.84. The smallest absolute Gasteiger partial charge is 0.254 e. The van der Waals surface area contributed by atoms with Crippen LogP contribution in [0.1, 0.15) is 64.1 Å². The number of hydrogen-bond donors (Lipinski definition) is 1. The molecule has 4 rings (SSSR count). The molecule has 2 aliphatic rings. The van der Waals surface area contributed by atoms with Crippen LogP contribution in [0.5, 0.6) is 0 Å². The molecule has 1 aliphatic heterocycles. The Hall–Kier alpha value is -3.76. The van der Waals surface area contributed by atoms with Gasteiger partial charge in [0.05, 0.1) is 0 Å². The van der Waals surface area contributed by atoms with E-state index in [4.69, 9.17) is 0 Å². The fourth-order valence-corrected chi connectivity index (χ4v) is 6.84. The molecule has 1 heterocycles. The average molecular weight is 647 g/mol. The van der Waals surface area contributed by atoms with Gasteiger partial charge in [-0.2, -0.15) is 0 Å². The molecule has 47 heavy (non-hydrogen) atoms. The summed E-state index contributed by atoms with van der Waals surface area (Å²) in [7, 11) is 11.3. The van der Waals surface area contributed by atoms with E-state index < -0.39 is 12.1 Å². The molecule has 1 N–H and O–H groups in total. The molecule has 0 radical (unpaired) electrons. The Morgan fingerprint density at radius 3 is 1.89 bits per heavy atom. The Bertz CT molecular complexity index is 1410. The van der Waals surface area contributed by atoms with E-state index in [0.29, 0.717) is 42.9 Å². The normalized spacial score (nSPS) is 18.2. The van der Waals surface area contributed by atoms with E-state index in [0.717, 1.165) is 25.7 Å². The number of piperazine rings is 1. The summed E-state index contributed by atoms with van der Waals surface area (Å²) >= 11 is 0. The summed E-state index contributed by atoms with van der Waals surface area (Å²) in [4.78, 5) is 65.0. The number of likely N-dealkylation sites (N-methyl/N-ethyl adjacent to an activating group) is 4. The van der Waals surface area contributed by atoms with Crippen LogP contribution in [0.2, 0.25) is 0 Å². The number of carbonyl (C=O) groups excluding carboxylic acids is 4. The first-order valence-electron chi connectivity index (χ1n) is 17.0. The summed E-state index contributed by atoms with van der Waals surface area (Å²) in [6, 6.07) is 12.1. The molecule has 2 aromatic rings. The van der Waals surface area contributed by atoms with Gasteiger partial charge in [-0.05, 0) is 81.7 Å². The van der Waals surface area contributed by atoms with E-state index in [1.165, 1.54) is 11.1 Å². The summed E-state index contributed by atoms with van der Waals surface area (Å²) in [6.45, 7) is 6.63. The maximum atomic E-state index is 14.5. The lowest BCUT2D eigenvalue weighted by Gasteiger charge is -2.44. The summed E-state index contributed by atoms with van der Waals surface area (Å²) in [6.07, 6.45) is 2.94. The number of fused-ring (bicyclic) bond motifs is 1. The van der Waals surface area contributed by atoms with E-state index in [-0.39, 0.29) is 42.0 Å². The van der Waals surface area contributed by atoms with E-state index in [1.807, 2.05) is 64.0 Å². The summed E-state index contributed by atoms with van der Waals surface area (Å²) in [5, 5.41) is 3.13. The predicted molar refractivity (Wildman–Crippen MR) is 185 cm³/mol. The Morgan fingerprint density at radius 2 is 1.36 bits per heavy atom. The van der Waals surface area contributed by atoms with Crippen molar-refractivity contribution in [3.8, 4) is 0 Å². The number of rotatable bonds is 14. The van der Waals surface area contributed by atoms with E-state index >= 15 is 0 Å². The maximum absolute atomic E-state index is 14.5. The van der Waals surface area contributed by atoms with Crippen molar-refractivity contribution < 1.29 is 19.2 Å². The first-order valence-corrected chi connectivity index (χ1v) is 17.0. The molecular formula is C37H54N6O4. The Balaban J connectivity index is 1.71. The van der Waals surface area contributed by atoms with Crippen LogP contribution in [-0.4, -0.2) is 129 Å². The summed E-state index contributed by atoms with van der Waals surface area (Å²) in [5.74, 6) is -0.707. The van der Waals surface area contributed by atoms with Crippen molar-refractivity contribution in [3.05, 3.63) is 70.3 Å². The van der Waals surface area contributed by atoms with Crippen LogP contribution in [0.3, 0.4) is 0 Å². The number of nitrogens with zero attached hydrogens (tertiary/aromatic N) is 5. The third-order valence-corrected chi connectivity index (χ3v) is 9.89. The van der Waals surface area contributed by atoms with Crippen molar-refractivity contribution in [1.82, 2.24) is 29.8 Å². The van der Waals surface area contributed by atoms with Gasteiger partial charge in [-0.1, -0.05) is 57.0 Å². The van der Waals surface area contributed by atoms with Crippen molar-refractivity contribution in [2.45, 2.75) is 58.2 Å². The Labute approximate surface area is 281 Å². The molecule has 4 amide bonds. The second kappa shape index (κ2) is 15.9. The van der Waals surface area contributed by atoms with Crippen molar-refractivity contribution in [2.24, 2.45) is 11.8 Å². The predicted octanol–water partition coefficient (Wildman–Crippen LogP) is 3.00. The van der Waals surface area contributed by atoms with E-state index in [2.05, 4.69) is 17.4 Å². The lowest BCUT2D eigenvalue weighted by Crippen LogP contribution is -2.66. The zero-order valence-electron chi connectivity index (χ0n) is 29.6. The topological polar surface area (TPSA) is 96.5 Å². The highest BCUT2D eigenvalue weighted by molar-refractivity contribution is 6.01. The molecule has 10 heteroatoms.